The van der Waals surface area contributed by atoms with E-state index in [2.05, 4.69) is 10.4 Å². The molecular weight excluding hydrogens is 330 g/mol. The summed E-state index contributed by atoms with van der Waals surface area (Å²) < 4.78 is 6.52. The van der Waals surface area contributed by atoms with Gasteiger partial charge in [0, 0.05) is 11.8 Å². The molecular formula is C20H21N3O3. The second-order valence-electron chi connectivity index (χ2n) is 6.78. The number of benzene rings is 1. The van der Waals surface area contributed by atoms with E-state index >= 15 is 0 Å². The van der Waals surface area contributed by atoms with Crippen LogP contribution in [0.3, 0.4) is 0 Å². The van der Waals surface area contributed by atoms with Crippen LogP contribution in [0.15, 0.2) is 57.9 Å². The number of furan rings is 1. The maximum atomic E-state index is 12.9. The molecule has 0 saturated carbocycles. The maximum Gasteiger partial charge on any atom is 0.267 e. The fourth-order valence-electron chi connectivity index (χ4n) is 2.69. The van der Waals surface area contributed by atoms with Crippen molar-refractivity contribution in [2.24, 2.45) is 0 Å². The Morgan fingerprint density at radius 3 is 2.58 bits per heavy atom. The van der Waals surface area contributed by atoms with Gasteiger partial charge >= 0.3 is 0 Å². The number of aryl methyl sites for hydroxylation is 2. The number of anilines is 1. The summed E-state index contributed by atoms with van der Waals surface area (Å²) in [6, 6.07) is 12.2. The lowest BCUT2D eigenvalue weighted by molar-refractivity contribution is -0.123. The van der Waals surface area contributed by atoms with Crippen molar-refractivity contribution in [1.82, 2.24) is 9.78 Å². The SMILES string of the molecule is Cc1ccc(NC(=O)C(C)(C)n2nc(-c3ccco3)ccc2=O)c(C)c1. The minimum atomic E-state index is -1.18. The Hall–Kier alpha value is -3.15. The molecule has 1 aromatic carbocycles. The Morgan fingerprint density at radius 2 is 1.92 bits per heavy atom. The standard InChI is InChI=1S/C20H21N3O3/c1-13-7-8-15(14(2)12-13)21-19(25)20(3,4)23-18(24)10-9-16(22-23)17-6-5-11-26-17/h5-12H,1-4H3,(H,21,25). The average Bonchev–Trinajstić information content (AvgIpc) is 3.12. The lowest BCUT2D eigenvalue weighted by Crippen LogP contribution is -2.47. The van der Waals surface area contributed by atoms with Crippen LogP contribution in [0.2, 0.25) is 0 Å². The molecule has 3 rings (SSSR count). The third-order valence-corrected chi connectivity index (χ3v) is 4.29. The lowest BCUT2D eigenvalue weighted by Gasteiger charge is -2.25. The van der Waals surface area contributed by atoms with E-state index in [-0.39, 0.29) is 11.5 Å². The predicted molar refractivity (Wildman–Crippen MR) is 100 cm³/mol. The minimum Gasteiger partial charge on any atom is -0.463 e. The number of carbonyl (C=O) groups is 1. The molecule has 0 spiro atoms. The molecule has 3 aromatic rings. The summed E-state index contributed by atoms with van der Waals surface area (Å²) in [4.78, 5) is 25.2. The van der Waals surface area contributed by atoms with Gasteiger partial charge in [-0.25, -0.2) is 4.68 Å². The van der Waals surface area contributed by atoms with Crippen LogP contribution in [0.1, 0.15) is 25.0 Å². The molecule has 0 radical (unpaired) electrons. The van der Waals surface area contributed by atoms with Gasteiger partial charge in [-0.1, -0.05) is 17.7 Å². The summed E-state index contributed by atoms with van der Waals surface area (Å²) in [6.45, 7) is 7.24. The van der Waals surface area contributed by atoms with E-state index < -0.39 is 5.54 Å². The van der Waals surface area contributed by atoms with Crippen LogP contribution in [-0.4, -0.2) is 15.7 Å². The van der Waals surface area contributed by atoms with Gasteiger partial charge < -0.3 is 9.73 Å². The molecule has 0 unspecified atom stereocenters. The normalized spacial score (nSPS) is 11.4. The topological polar surface area (TPSA) is 77.1 Å². The summed E-state index contributed by atoms with van der Waals surface area (Å²) in [7, 11) is 0. The molecule has 0 atom stereocenters. The first kappa shape index (κ1) is 17.7. The van der Waals surface area contributed by atoms with E-state index in [0.29, 0.717) is 17.1 Å². The van der Waals surface area contributed by atoms with Gasteiger partial charge in [0.15, 0.2) is 5.76 Å². The Balaban J connectivity index is 1.95. The summed E-state index contributed by atoms with van der Waals surface area (Å²) in [5, 5.41) is 7.23. The first-order chi connectivity index (χ1) is 12.3. The zero-order valence-electron chi connectivity index (χ0n) is 15.2. The number of aromatic nitrogens is 2. The highest BCUT2D eigenvalue weighted by molar-refractivity contribution is 5.96. The molecule has 6 nitrogen and oxygen atoms in total. The smallest absolute Gasteiger partial charge is 0.267 e. The van der Waals surface area contributed by atoms with Crippen molar-refractivity contribution in [2.45, 2.75) is 33.2 Å². The van der Waals surface area contributed by atoms with Gasteiger partial charge in [-0.3, -0.25) is 9.59 Å². The van der Waals surface area contributed by atoms with Gasteiger partial charge in [0.1, 0.15) is 11.2 Å². The first-order valence-corrected chi connectivity index (χ1v) is 8.32. The Labute approximate surface area is 151 Å². The molecule has 2 aromatic heterocycles. The van der Waals surface area contributed by atoms with E-state index in [1.54, 1.807) is 32.0 Å². The highest BCUT2D eigenvalue weighted by atomic mass is 16.3. The number of hydrogen-bond acceptors (Lipinski definition) is 4. The summed E-state index contributed by atoms with van der Waals surface area (Å²) in [5.74, 6) is 0.208. The maximum absolute atomic E-state index is 12.9. The minimum absolute atomic E-state index is 0.323. The number of nitrogens with zero attached hydrogens (tertiary/aromatic N) is 2. The van der Waals surface area contributed by atoms with E-state index in [4.69, 9.17) is 4.42 Å². The first-order valence-electron chi connectivity index (χ1n) is 8.32. The second kappa shape index (κ2) is 6.63. The van der Waals surface area contributed by atoms with Crippen molar-refractivity contribution in [3.8, 4) is 11.5 Å². The quantitative estimate of drug-likeness (QED) is 0.780. The molecule has 1 N–H and O–H groups in total. The van der Waals surface area contributed by atoms with Crippen molar-refractivity contribution >= 4 is 11.6 Å². The van der Waals surface area contributed by atoms with Crippen LogP contribution < -0.4 is 10.9 Å². The summed E-state index contributed by atoms with van der Waals surface area (Å²) in [5.41, 5.74) is 1.73. The number of nitrogens with one attached hydrogen (secondary N) is 1. The lowest BCUT2D eigenvalue weighted by atomic mass is 10.0. The van der Waals surface area contributed by atoms with Crippen LogP contribution in [0.5, 0.6) is 0 Å². The van der Waals surface area contributed by atoms with Crippen LogP contribution in [0.4, 0.5) is 5.69 Å². The molecule has 0 bridgehead atoms. The van der Waals surface area contributed by atoms with Crippen molar-refractivity contribution in [3.63, 3.8) is 0 Å². The van der Waals surface area contributed by atoms with Crippen molar-refractivity contribution in [3.05, 3.63) is 70.2 Å². The molecule has 0 fully saturated rings. The molecule has 1 amide bonds. The van der Waals surface area contributed by atoms with Crippen molar-refractivity contribution in [2.75, 3.05) is 5.32 Å². The second-order valence-corrected chi connectivity index (χ2v) is 6.78. The van der Waals surface area contributed by atoms with E-state index in [1.165, 1.54) is 17.0 Å². The van der Waals surface area contributed by atoms with Crippen molar-refractivity contribution in [1.29, 1.82) is 0 Å². The van der Waals surface area contributed by atoms with Crippen LogP contribution in [0.25, 0.3) is 11.5 Å². The Kier molecular flexibility index (Phi) is 4.50. The van der Waals surface area contributed by atoms with Gasteiger partial charge in [0.25, 0.3) is 11.5 Å². The molecule has 0 aliphatic carbocycles. The summed E-state index contributed by atoms with van der Waals surface area (Å²) >= 11 is 0. The molecule has 0 aliphatic heterocycles. The van der Waals surface area contributed by atoms with E-state index in [9.17, 15) is 9.59 Å². The van der Waals surface area contributed by atoms with Gasteiger partial charge in [0.05, 0.1) is 6.26 Å². The molecule has 26 heavy (non-hydrogen) atoms. The molecule has 0 saturated heterocycles. The van der Waals surface area contributed by atoms with E-state index in [1.807, 2.05) is 32.0 Å². The third-order valence-electron chi connectivity index (χ3n) is 4.29. The Bertz CT molecular complexity index is 1000. The monoisotopic (exact) mass is 351 g/mol. The zero-order valence-corrected chi connectivity index (χ0v) is 15.2. The molecule has 0 aliphatic rings. The van der Waals surface area contributed by atoms with Crippen molar-refractivity contribution < 1.29 is 9.21 Å². The number of hydrogen-bond donors (Lipinski definition) is 1. The highest BCUT2D eigenvalue weighted by Gasteiger charge is 2.32. The van der Waals surface area contributed by atoms with Gasteiger partial charge in [-0.05, 0) is 57.5 Å². The number of amides is 1. The number of carbonyl (C=O) groups excluding carboxylic acids is 1. The number of rotatable bonds is 4. The molecule has 2 heterocycles. The fraction of sp³-hybridized carbons (Fsp3) is 0.250. The van der Waals surface area contributed by atoms with E-state index in [0.717, 1.165) is 11.1 Å². The third kappa shape index (κ3) is 3.31. The molecule has 134 valence electrons. The van der Waals surface area contributed by atoms with Gasteiger partial charge in [0.2, 0.25) is 0 Å². The largest absolute Gasteiger partial charge is 0.463 e. The van der Waals surface area contributed by atoms with Gasteiger partial charge in [-0.2, -0.15) is 5.10 Å². The average molecular weight is 351 g/mol. The predicted octanol–water partition coefficient (Wildman–Crippen LogP) is 3.49. The highest BCUT2D eigenvalue weighted by Crippen LogP contribution is 2.22. The summed E-state index contributed by atoms with van der Waals surface area (Å²) in [6.07, 6.45) is 1.53. The van der Waals surface area contributed by atoms with Crippen LogP contribution >= 0.6 is 0 Å². The van der Waals surface area contributed by atoms with Gasteiger partial charge in [-0.15, -0.1) is 0 Å². The fourth-order valence-corrected chi connectivity index (χ4v) is 2.69. The Morgan fingerprint density at radius 1 is 1.15 bits per heavy atom. The molecule has 6 heteroatoms. The van der Waals surface area contributed by atoms with Crippen LogP contribution in [0, 0.1) is 13.8 Å². The zero-order chi connectivity index (χ0) is 18.9. The van der Waals surface area contributed by atoms with Crippen LogP contribution in [-0.2, 0) is 10.3 Å².